The maximum atomic E-state index is 15.1. The fraction of sp³-hybridized carbons (Fsp3) is 0.259. The van der Waals surface area contributed by atoms with Gasteiger partial charge in [0.1, 0.15) is 23.7 Å². The summed E-state index contributed by atoms with van der Waals surface area (Å²) in [7, 11) is 1.56. The molecule has 0 unspecified atom stereocenters. The van der Waals surface area contributed by atoms with Crippen LogP contribution >= 0.6 is 0 Å². The van der Waals surface area contributed by atoms with Crippen LogP contribution in [0.2, 0.25) is 0 Å². The van der Waals surface area contributed by atoms with Crippen LogP contribution < -0.4 is 11.0 Å². The van der Waals surface area contributed by atoms with E-state index >= 15 is 4.39 Å². The molecule has 1 N–H and O–H groups in total. The Labute approximate surface area is 222 Å². The molecule has 11 nitrogen and oxygen atoms in total. The van der Waals surface area contributed by atoms with Crippen molar-refractivity contribution in [1.82, 2.24) is 33.9 Å². The van der Waals surface area contributed by atoms with Gasteiger partial charge >= 0.3 is 5.69 Å². The molecule has 39 heavy (non-hydrogen) atoms. The van der Waals surface area contributed by atoms with Gasteiger partial charge in [-0.25, -0.2) is 14.2 Å². The van der Waals surface area contributed by atoms with Crippen LogP contribution in [0.4, 0.5) is 10.2 Å². The third kappa shape index (κ3) is 5.32. The van der Waals surface area contributed by atoms with Gasteiger partial charge in [-0.2, -0.15) is 0 Å². The van der Waals surface area contributed by atoms with E-state index in [0.29, 0.717) is 29.2 Å². The van der Waals surface area contributed by atoms with Gasteiger partial charge in [0, 0.05) is 31.5 Å². The Bertz CT molecular complexity index is 1690. The van der Waals surface area contributed by atoms with Gasteiger partial charge in [-0.1, -0.05) is 6.07 Å². The van der Waals surface area contributed by atoms with Crippen LogP contribution in [0, 0.1) is 5.82 Å². The van der Waals surface area contributed by atoms with Crippen LogP contribution in [0.25, 0.3) is 22.6 Å². The van der Waals surface area contributed by atoms with E-state index in [0.717, 1.165) is 5.56 Å². The van der Waals surface area contributed by atoms with Gasteiger partial charge in [-0.05, 0) is 49.7 Å². The van der Waals surface area contributed by atoms with Gasteiger partial charge in [0.15, 0.2) is 5.82 Å². The molecule has 0 radical (unpaired) electrons. The van der Waals surface area contributed by atoms with E-state index < -0.39 is 11.7 Å². The molecule has 0 aliphatic carbocycles. The molecule has 0 fully saturated rings. The zero-order chi connectivity index (χ0) is 27.5. The number of ether oxygens (including phenoxy) is 1. The molecule has 1 amide bonds. The van der Waals surface area contributed by atoms with Crippen LogP contribution in [-0.4, -0.2) is 46.4 Å². The van der Waals surface area contributed by atoms with E-state index in [1.54, 1.807) is 44.0 Å². The Balaban J connectivity index is 1.37. The number of nitrogens with zero attached hydrogens (tertiary/aromatic N) is 7. The summed E-state index contributed by atoms with van der Waals surface area (Å²) in [5, 5.41) is 10.7. The second-order valence-corrected chi connectivity index (χ2v) is 9.24. The molecule has 0 atom stereocenters. The summed E-state index contributed by atoms with van der Waals surface area (Å²) < 4.78 is 25.5. The number of anilines is 1. The predicted molar refractivity (Wildman–Crippen MR) is 143 cm³/mol. The maximum Gasteiger partial charge on any atom is 0.328 e. The van der Waals surface area contributed by atoms with E-state index in [9.17, 15) is 9.59 Å². The van der Waals surface area contributed by atoms with Crippen LogP contribution in [0.15, 0.2) is 66.0 Å². The molecule has 200 valence electrons. The average molecular weight is 531 g/mol. The summed E-state index contributed by atoms with van der Waals surface area (Å²) in [5.74, 6) is -0.669. The average Bonchev–Trinajstić information content (AvgIpc) is 3.51. The lowest BCUT2D eigenvalue weighted by Gasteiger charge is -2.11. The number of rotatable bonds is 9. The molecule has 0 aliphatic rings. The van der Waals surface area contributed by atoms with Gasteiger partial charge in [-0.3, -0.25) is 18.9 Å². The first-order chi connectivity index (χ1) is 18.8. The Kier molecular flexibility index (Phi) is 7.28. The van der Waals surface area contributed by atoms with Crippen molar-refractivity contribution in [3.05, 3.63) is 88.6 Å². The third-order valence-electron chi connectivity index (χ3n) is 6.31. The van der Waals surface area contributed by atoms with Gasteiger partial charge in [0.25, 0.3) is 5.91 Å². The van der Waals surface area contributed by atoms with Crippen molar-refractivity contribution >= 4 is 22.8 Å². The van der Waals surface area contributed by atoms with E-state index in [-0.39, 0.29) is 36.3 Å². The lowest BCUT2D eigenvalue weighted by molar-refractivity contribution is 0.102. The van der Waals surface area contributed by atoms with Crippen LogP contribution in [0.5, 0.6) is 0 Å². The minimum Gasteiger partial charge on any atom is -0.375 e. The largest absolute Gasteiger partial charge is 0.375 e. The van der Waals surface area contributed by atoms with Crippen LogP contribution in [0.3, 0.4) is 0 Å². The first-order valence-corrected chi connectivity index (χ1v) is 12.4. The summed E-state index contributed by atoms with van der Waals surface area (Å²) >= 11 is 0. The molecule has 0 spiro atoms. The first-order valence-electron chi connectivity index (χ1n) is 12.4. The lowest BCUT2D eigenvalue weighted by atomic mass is 10.1. The Hall–Kier alpha value is -4.71. The quantitative estimate of drug-likeness (QED) is 0.289. The fourth-order valence-corrected chi connectivity index (χ4v) is 4.25. The molecule has 0 saturated carbocycles. The van der Waals surface area contributed by atoms with Gasteiger partial charge < -0.3 is 14.6 Å². The van der Waals surface area contributed by atoms with E-state index in [1.165, 1.54) is 21.3 Å². The van der Waals surface area contributed by atoms with Crippen molar-refractivity contribution in [3.63, 3.8) is 0 Å². The number of amides is 1. The minimum absolute atomic E-state index is 0.111. The SMILES string of the molecule is CC(C)n1cnnc1-c1cccc(NC(=O)c2cc3c(cc2F)n(C)c(=O)n3CCOCc2ccncc2)n1. The lowest BCUT2D eigenvalue weighted by Crippen LogP contribution is -2.24. The molecule has 1 aromatic carbocycles. The van der Waals surface area contributed by atoms with Crippen molar-refractivity contribution in [2.45, 2.75) is 33.0 Å². The number of pyridine rings is 2. The summed E-state index contributed by atoms with van der Waals surface area (Å²) in [4.78, 5) is 34.4. The number of halogens is 1. The number of aryl methyl sites for hydroxylation is 1. The normalized spacial score (nSPS) is 11.4. The number of carbonyl (C=O) groups excluding carboxylic acids is 1. The highest BCUT2D eigenvalue weighted by atomic mass is 19.1. The molecule has 4 heterocycles. The van der Waals surface area contributed by atoms with E-state index in [2.05, 4.69) is 25.5 Å². The molecule has 0 saturated heterocycles. The number of imidazole rings is 1. The summed E-state index contributed by atoms with van der Waals surface area (Å²) in [6, 6.07) is 11.4. The zero-order valence-corrected chi connectivity index (χ0v) is 21.7. The van der Waals surface area contributed by atoms with Crippen molar-refractivity contribution < 1.29 is 13.9 Å². The van der Waals surface area contributed by atoms with Crippen molar-refractivity contribution in [2.24, 2.45) is 7.05 Å². The molecule has 5 rings (SSSR count). The van der Waals surface area contributed by atoms with Crippen molar-refractivity contribution in [1.29, 1.82) is 0 Å². The standard InChI is InChI=1S/C27H27FN8O3/c1-17(2)36-16-30-33-25(36)21-5-4-6-24(31-21)32-26(37)19-13-23-22(14-20(19)28)34(3)27(38)35(23)11-12-39-15-18-7-9-29-10-8-18/h4-10,13-14,16-17H,11-12,15H2,1-3H3,(H,31,32,37). The number of carbonyl (C=O) groups is 1. The maximum absolute atomic E-state index is 15.1. The molecular weight excluding hydrogens is 503 g/mol. The van der Waals surface area contributed by atoms with Gasteiger partial charge in [-0.15, -0.1) is 10.2 Å². The molecule has 0 bridgehead atoms. The van der Waals surface area contributed by atoms with Crippen LogP contribution in [0.1, 0.15) is 35.8 Å². The number of fused-ring (bicyclic) bond motifs is 1. The van der Waals surface area contributed by atoms with Gasteiger partial charge in [0.2, 0.25) is 0 Å². The Morgan fingerprint density at radius 3 is 2.69 bits per heavy atom. The van der Waals surface area contributed by atoms with E-state index in [1.807, 2.05) is 30.5 Å². The van der Waals surface area contributed by atoms with Gasteiger partial charge in [0.05, 0.1) is 36.4 Å². The predicted octanol–water partition coefficient (Wildman–Crippen LogP) is 3.58. The monoisotopic (exact) mass is 530 g/mol. The number of nitrogens with one attached hydrogen (secondary N) is 1. The third-order valence-corrected chi connectivity index (χ3v) is 6.31. The smallest absolute Gasteiger partial charge is 0.328 e. The summed E-state index contributed by atoms with van der Waals surface area (Å²) in [6.07, 6.45) is 4.97. The molecule has 5 aromatic rings. The molecule has 0 aliphatic heterocycles. The number of hydrogen-bond donors (Lipinski definition) is 1. The zero-order valence-electron chi connectivity index (χ0n) is 21.7. The highest BCUT2D eigenvalue weighted by molar-refractivity contribution is 6.05. The second-order valence-electron chi connectivity index (χ2n) is 9.24. The molecular formula is C27H27FN8O3. The minimum atomic E-state index is -0.752. The first kappa shape index (κ1) is 25.9. The van der Waals surface area contributed by atoms with Crippen LogP contribution in [-0.2, 0) is 24.9 Å². The molecule has 12 heteroatoms. The number of aromatic nitrogens is 7. The highest BCUT2D eigenvalue weighted by Crippen LogP contribution is 2.22. The topological polar surface area (TPSA) is 122 Å². The molecule has 4 aromatic heterocycles. The van der Waals surface area contributed by atoms with Crippen molar-refractivity contribution in [3.8, 4) is 11.5 Å². The Morgan fingerprint density at radius 2 is 1.92 bits per heavy atom. The highest BCUT2D eigenvalue weighted by Gasteiger charge is 2.20. The van der Waals surface area contributed by atoms with E-state index in [4.69, 9.17) is 4.74 Å². The number of hydrogen-bond acceptors (Lipinski definition) is 7. The fourth-order valence-electron chi connectivity index (χ4n) is 4.25. The summed E-state index contributed by atoms with van der Waals surface area (Å²) in [5.41, 5.74) is 1.72. The second kappa shape index (κ2) is 11.0. The van der Waals surface area contributed by atoms with Crippen molar-refractivity contribution in [2.75, 3.05) is 11.9 Å². The summed E-state index contributed by atoms with van der Waals surface area (Å²) in [6.45, 7) is 4.83. The Morgan fingerprint density at radius 1 is 1.13 bits per heavy atom. The number of benzene rings is 1.